The van der Waals surface area contributed by atoms with Crippen LogP contribution in [0.4, 0.5) is 0 Å². The Kier molecular flexibility index (Phi) is 5.80. The smallest absolute Gasteiger partial charge is 0.141 e. The maximum absolute atomic E-state index is 6.28. The van der Waals surface area contributed by atoms with Gasteiger partial charge in [0.25, 0.3) is 0 Å². The molecule has 0 amide bonds. The lowest BCUT2D eigenvalue weighted by Crippen LogP contribution is -2.17. The molecule has 0 aromatic heterocycles. The summed E-state index contributed by atoms with van der Waals surface area (Å²) < 4.78 is 6.16. The first-order valence-corrected chi connectivity index (χ1v) is 7.81. The molecule has 106 valence electrons. The summed E-state index contributed by atoms with van der Waals surface area (Å²) in [6.45, 7) is 0.567. The summed E-state index contributed by atoms with van der Waals surface area (Å²) in [5, 5.41) is 1.24. The molecule has 0 unspecified atom stereocenters. The largest absolute Gasteiger partial charge is 0.489 e. The second-order valence-corrected chi connectivity index (χ2v) is 5.99. The zero-order chi connectivity index (χ0) is 13.7. The molecule has 0 atom stereocenters. The highest BCUT2D eigenvalue weighted by molar-refractivity contribution is 6.35. The minimum Gasteiger partial charge on any atom is -0.489 e. The molecular formula is C15H21Cl2NO. The van der Waals surface area contributed by atoms with Gasteiger partial charge in [-0.05, 0) is 56.3 Å². The predicted octanol–water partition coefficient (Wildman–Crippen LogP) is 4.60. The summed E-state index contributed by atoms with van der Waals surface area (Å²) in [7, 11) is 0. The molecule has 0 saturated heterocycles. The Labute approximate surface area is 125 Å². The molecule has 0 spiro atoms. The van der Waals surface area contributed by atoms with E-state index in [1.54, 1.807) is 6.07 Å². The van der Waals surface area contributed by atoms with E-state index in [-0.39, 0.29) is 6.10 Å². The number of benzene rings is 1. The molecule has 1 aliphatic rings. The number of halogens is 2. The van der Waals surface area contributed by atoms with Gasteiger partial charge in [-0.15, -0.1) is 0 Å². The minimum atomic E-state index is 0.276. The van der Waals surface area contributed by atoms with Crippen LogP contribution in [0.1, 0.15) is 44.1 Å². The highest BCUT2D eigenvalue weighted by atomic mass is 35.5. The Bertz CT molecular complexity index is 415. The molecular weight excluding hydrogens is 281 g/mol. The molecule has 1 fully saturated rings. The second kappa shape index (κ2) is 7.37. The van der Waals surface area contributed by atoms with Crippen molar-refractivity contribution in [2.75, 3.05) is 6.54 Å². The number of hydrogen-bond donors (Lipinski definition) is 1. The van der Waals surface area contributed by atoms with Crippen LogP contribution in [0, 0.1) is 0 Å². The predicted molar refractivity (Wildman–Crippen MR) is 81.3 cm³/mol. The first kappa shape index (κ1) is 15.0. The lowest BCUT2D eigenvalue weighted by Gasteiger charge is -2.20. The Morgan fingerprint density at radius 2 is 1.79 bits per heavy atom. The van der Waals surface area contributed by atoms with Gasteiger partial charge in [0.15, 0.2) is 0 Å². The van der Waals surface area contributed by atoms with Gasteiger partial charge in [0.2, 0.25) is 0 Å². The van der Waals surface area contributed by atoms with Crippen LogP contribution in [0.5, 0.6) is 5.75 Å². The van der Waals surface area contributed by atoms with Crippen LogP contribution in [0.3, 0.4) is 0 Å². The molecule has 0 radical (unpaired) electrons. The molecule has 19 heavy (non-hydrogen) atoms. The van der Waals surface area contributed by atoms with E-state index in [4.69, 9.17) is 33.7 Å². The first-order valence-electron chi connectivity index (χ1n) is 7.05. The van der Waals surface area contributed by atoms with Crippen molar-refractivity contribution < 1.29 is 4.74 Å². The van der Waals surface area contributed by atoms with E-state index >= 15 is 0 Å². The van der Waals surface area contributed by atoms with Crippen molar-refractivity contribution in [3.8, 4) is 5.75 Å². The number of nitrogens with two attached hydrogens (primary N) is 1. The SMILES string of the molecule is NCCc1cc(Cl)cc(Cl)c1OC1CCCCCC1. The third-order valence-corrected chi connectivity index (χ3v) is 4.08. The average molecular weight is 302 g/mol. The fourth-order valence-corrected chi connectivity index (χ4v) is 3.19. The second-order valence-electron chi connectivity index (χ2n) is 5.15. The van der Waals surface area contributed by atoms with Crippen LogP contribution in [-0.2, 0) is 6.42 Å². The maximum Gasteiger partial charge on any atom is 0.141 e. The van der Waals surface area contributed by atoms with E-state index in [1.807, 2.05) is 6.07 Å². The molecule has 1 aromatic rings. The molecule has 1 aliphatic carbocycles. The molecule has 0 heterocycles. The van der Waals surface area contributed by atoms with Crippen LogP contribution in [-0.4, -0.2) is 12.6 Å². The van der Waals surface area contributed by atoms with Crippen LogP contribution < -0.4 is 10.5 Å². The van der Waals surface area contributed by atoms with Gasteiger partial charge >= 0.3 is 0 Å². The zero-order valence-electron chi connectivity index (χ0n) is 11.1. The van der Waals surface area contributed by atoms with Gasteiger partial charge in [0, 0.05) is 5.02 Å². The van der Waals surface area contributed by atoms with Crippen LogP contribution >= 0.6 is 23.2 Å². The fraction of sp³-hybridized carbons (Fsp3) is 0.600. The van der Waals surface area contributed by atoms with Gasteiger partial charge in [-0.3, -0.25) is 0 Å². The molecule has 1 saturated carbocycles. The molecule has 2 N–H and O–H groups in total. The van der Waals surface area contributed by atoms with Gasteiger partial charge in [-0.2, -0.15) is 0 Å². The highest BCUT2D eigenvalue weighted by Crippen LogP contribution is 2.35. The summed E-state index contributed by atoms with van der Waals surface area (Å²) in [6.07, 6.45) is 8.33. The average Bonchev–Trinajstić information content (AvgIpc) is 2.62. The Hall–Kier alpha value is -0.440. The topological polar surface area (TPSA) is 35.2 Å². The first-order chi connectivity index (χ1) is 9.20. The number of hydrogen-bond acceptors (Lipinski definition) is 2. The van der Waals surface area contributed by atoms with Gasteiger partial charge in [-0.25, -0.2) is 0 Å². The summed E-state index contributed by atoms with van der Waals surface area (Å²) in [5.74, 6) is 0.781. The van der Waals surface area contributed by atoms with Gasteiger partial charge in [-0.1, -0.05) is 36.0 Å². The third-order valence-electron chi connectivity index (χ3n) is 3.59. The highest BCUT2D eigenvalue weighted by Gasteiger charge is 2.18. The van der Waals surface area contributed by atoms with Gasteiger partial charge < -0.3 is 10.5 Å². The Morgan fingerprint density at radius 3 is 2.42 bits per heavy atom. The van der Waals surface area contributed by atoms with Crippen LogP contribution in [0.15, 0.2) is 12.1 Å². The van der Waals surface area contributed by atoms with E-state index < -0.39 is 0 Å². The molecule has 2 rings (SSSR count). The van der Waals surface area contributed by atoms with Crippen LogP contribution in [0.2, 0.25) is 10.0 Å². The lowest BCUT2D eigenvalue weighted by molar-refractivity contribution is 0.182. The van der Waals surface area contributed by atoms with Crippen molar-refractivity contribution in [2.45, 2.75) is 51.0 Å². The summed E-state index contributed by atoms with van der Waals surface area (Å²) in [6, 6.07) is 3.65. The van der Waals surface area contributed by atoms with Crippen molar-refractivity contribution in [2.24, 2.45) is 5.73 Å². The zero-order valence-corrected chi connectivity index (χ0v) is 12.6. The molecule has 2 nitrogen and oxygen atoms in total. The van der Waals surface area contributed by atoms with E-state index in [9.17, 15) is 0 Å². The van der Waals surface area contributed by atoms with Gasteiger partial charge in [0.1, 0.15) is 5.75 Å². The van der Waals surface area contributed by atoms with Crippen molar-refractivity contribution in [1.29, 1.82) is 0 Å². The van der Waals surface area contributed by atoms with E-state index in [0.717, 1.165) is 30.6 Å². The summed E-state index contributed by atoms with van der Waals surface area (Å²) in [4.78, 5) is 0. The molecule has 4 heteroatoms. The Morgan fingerprint density at radius 1 is 1.11 bits per heavy atom. The van der Waals surface area contributed by atoms with E-state index in [1.165, 1.54) is 25.7 Å². The van der Waals surface area contributed by atoms with Crippen molar-refractivity contribution in [3.63, 3.8) is 0 Å². The summed E-state index contributed by atoms with van der Waals surface area (Å²) >= 11 is 12.3. The quantitative estimate of drug-likeness (QED) is 0.825. The van der Waals surface area contributed by atoms with E-state index in [0.29, 0.717) is 16.6 Å². The normalized spacial score (nSPS) is 17.2. The number of ether oxygens (including phenoxy) is 1. The number of rotatable bonds is 4. The van der Waals surface area contributed by atoms with Crippen molar-refractivity contribution >= 4 is 23.2 Å². The monoisotopic (exact) mass is 301 g/mol. The molecule has 0 bridgehead atoms. The fourth-order valence-electron chi connectivity index (χ4n) is 2.61. The summed E-state index contributed by atoms with van der Waals surface area (Å²) in [5.41, 5.74) is 6.66. The maximum atomic E-state index is 6.28. The van der Waals surface area contributed by atoms with Crippen molar-refractivity contribution in [1.82, 2.24) is 0 Å². The molecule has 0 aliphatic heterocycles. The molecule has 1 aromatic carbocycles. The lowest BCUT2D eigenvalue weighted by atomic mass is 10.1. The standard InChI is InChI=1S/C15H21Cl2NO/c16-12-9-11(7-8-18)15(14(17)10-12)19-13-5-3-1-2-4-6-13/h9-10,13H,1-8,18H2. The van der Waals surface area contributed by atoms with Gasteiger partial charge in [0.05, 0.1) is 11.1 Å². The van der Waals surface area contributed by atoms with E-state index in [2.05, 4.69) is 0 Å². The Balaban J connectivity index is 2.17. The van der Waals surface area contributed by atoms with Crippen molar-refractivity contribution in [3.05, 3.63) is 27.7 Å². The van der Waals surface area contributed by atoms with Crippen LogP contribution in [0.25, 0.3) is 0 Å². The minimum absolute atomic E-state index is 0.276. The third kappa shape index (κ3) is 4.27.